The van der Waals surface area contributed by atoms with Gasteiger partial charge in [-0.15, -0.1) is 0 Å². The van der Waals surface area contributed by atoms with E-state index < -0.39 is 0 Å². The zero-order chi connectivity index (χ0) is 25.6. The van der Waals surface area contributed by atoms with Crippen molar-refractivity contribution in [3.8, 4) is 22.8 Å². The summed E-state index contributed by atoms with van der Waals surface area (Å²) in [5.74, 6) is 1.21. The number of carbonyl (C=O) groups is 2. The highest BCUT2D eigenvalue weighted by atomic mass is 16.5. The molecule has 0 fully saturated rings. The lowest BCUT2D eigenvalue weighted by atomic mass is 10.00. The Labute approximate surface area is 203 Å². The highest BCUT2D eigenvalue weighted by Gasteiger charge is 2.27. The second kappa shape index (κ2) is 11.9. The molecule has 2 N–H and O–H groups in total. The minimum Gasteiger partial charge on any atom is -0.496 e. The number of hydrogen-bond donors (Lipinski definition) is 2. The number of hydrogen-bond acceptors (Lipinski definition) is 5. The van der Waals surface area contributed by atoms with Crippen LogP contribution in [-0.2, 0) is 4.79 Å². The molecule has 0 aliphatic carbocycles. The molecule has 2 amide bonds. The lowest BCUT2D eigenvalue weighted by molar-refractivity contribution is -0.122. The molecule has 188 valence electrons. The van der Waals surface area contributed by atoms with Gasteiger partial charge in [0, 0.05) is 18.5 Å². The van der Waals surface area contributed by atoms with Crippen LogP contribution in [0, 0.1) is 11.8 Å². The van der Waals surface area contributed by atoms with Gasteiger partial charge in [-0.25, -0.2) is 0 Å². The Morgan fingerprint density at radius 1 is 0.941 bits per heavy atom. The molecule has 1 heterocycles. The third-order valence-corrected chi connectivity index (χ3v) is 5.98. The molecule has 8 heteroatoms. The number of rotatable bonds is 11. The van der Waals surface area contributed by atoms with Gasteiger partial charge in [-0.05, 0) is 50.8 Å². The molecule has 2 aromatic rings. The van der Waals surface area contributed by atoms with Crippen molar-refractivity contribution in [1.29, 1.82) is 0 Å². The molecule has 0 radical (unpaired) electrons. The monoisotopic (exact) mass is 472 g/mol. The SMILES string of the molecule is COc1cccc(OC)c1-c1cc(C(=O)NC(CC(=O)NC(C)C)C(C)C)nn1C(C)C(C)C. The molecule has 2 unspecified atom stereocenters. The molecular weight excluding hydrogens is 432 g/mol. The fraction of sp³-hybridized carbons (Fsp3) is 0.577. The summed E-state index contributed by atoms with van der Waals surface area (Å²) in [4.78, 5) is 25.6. The Morgan fingerprint density at radius 3 is 2.00 bits per heavy atom. The van der Waals surface area contributed by atoms with Gasteiger partial charge in [-0.1, -0.05) is 33.8 Å². The third-order valence-electron chi connectivity index (χ3n) is 5.98. The number of ether oxygens (including phenoxy) is 2. The van der Waals surface area contributed by atoms with Crippen molar-refractivity contribution in [2.75, 3.05) is 14.2 Å². The summed E-state index contributed by atoms with van der Waals surface area (Å²) >= 11 is 0. The second-order valence-corrected chi connectivity index (χ2v) is 9.63. The zero-order valence-electron chi connectivity index (χ0n) is 21.9. The Morgan fingerprint density at radius 2 is 1.53 bits per heavy atom. The van der Waals surface area contributed by atoms with Crippen molar-refractivity contribution in [1.82, 2.24) is 20.4 Å². The minimum atomic E-state index is -0.319. The first-order valence-electron chi connectivity index (χ1n) is 11.9. The predicted octanol–water partition coefficient (Wildman–Crippen LogP) is 4.45. The fourth-order valence-electron chi connectivity index (χ4n) is 3.66. The standard InChI is InChI=1S/C26H40N4O4/c1-15(2)18(7)30-21(25-22(33-8)11-10-12-23(25)34-9)13-20(29-30)26(32)28-19(16(3)4)14-24(31)27-17(5)6/h10-13,15-19H,14H2,1-9H3,(H,27,31)(H,28,32). The summed E-state index contributed by atoms with van der Waals surface area (Å²) in [5, 5.41) is 10.6. The molecule has 0 aliphatic rings. The molecule has 8 nitrogen and oxygen atoms in total. The van der Waals surface area contributed by atoms with Crippen molar-refractivity contribution in [3.05, 3.63) is 30.0 Å². The topological polar surface area (TPSA) is 94.5 Å². The smallest absolute Gasteiger partial charge is 0.272 e. The van der Waals surface area contributed by atoms with Crippen molar-refractivity contribution in [3.63, 3.8) is 0 Å². The van der Waals surface area contributed by atoms with Gasteiger partial charge in [0.05, 0.1) is 31.5 Å². The number of benzene rings is 1. The van der Waals surface area contributed by atoms with Crippen LogP contribution in [0.3, 0.4) is 0 Å². The molecule has 1 aromatic heterocycles. The molecule has 2 atom stereocenters. The Bertz CT molecular complexity index is 959. The maximum absolute atomic E-state index is 13.3. The highest BCUT2D eigenvalue weighted by molar-refractivity contribution is 5.94. The maximum atomic E-state index is 13.3. The van der Waals surface area contributed by atoms with Crippen LogP contribution >= 0.6 is 0 Å². The lowest BCUT2D eigenvalue weighted by Crippen LogP contribution is -2.43. The van der Waals surface area contributed by atoms with Crippen molar-refractivity contribution >= 4 is 11.8 Å². The zero-order valence-corrected chi connectivity index (χ0v) is 21.9. The van der Waals surface area contributed by atoms with Crippen LogP contribution in [0.15, 0.2) is 24.3 Å². The molecule has 0 saturated heterocycles. The number of methoxy groups -OCH3 is 2. The quantitative estimate of drug-likeness (QED) is 0.504. The van der Waals surface area contributed by atoms with Crippen molar-refractivity contribution in [2.24, 2.45) is 11.8 Å². The van der Waals surface area contributed by atoms with E-state index in [1.165, 1.54) is 0 Å². The Kier molecular flexibility index (Phi) is 9.53. The fourth-order valence-corrected chi connectivity index (χ4v) is 3.66. The van der Waals surface area contributed by atoms with Crippen LogP contribution in [0.4, 0.5) is 0 Å². The van der Waals surface area contributed by atoms with E-state index in [1.807, 2.05) is 50.6 Å². The lowest BCUT2D eigenvalue weighted by Gasteiger charge is -2.22. The molecule has 0 aliphatic heterocycles. The van der Waals surface area contributed by atoms with Gasteiger partial charge in [0.1, 0.15) is 11.5 Å². The first-order valence-corrected chi connectivity index (χ1v) is 11.9. The number of nitrogens with one attached hydrogen (secondary N) is 2. The maximum Gasteiger partial charge on any atom is 0.272 e. The van der Waals surface area contributed by atoms with E-state index in [9.17, 15) is 9.59 Å². The minimum absolute atomic E-state index is 0.0175. The van der Waals surface area contributed by atoms with Gasteiger partial charge >= 0.3 is 0 Å². The first-order chi connectivity index (χ1) is 16.0. The van der Waals surface area contributed by atoms with E-state index in [2.05, 4.69) is 31.4 Å². The van der Waals surface area contributed by atoms with Crippen LogP contribution in [0.25, 0.3) is 11.3 Å². The second-order valence-electron chi connectivity index (χ2n) is 9.63. The van der Waals surface area contributed by atoms with Crippen LogP contribution in [0.1, 0.15) is 71.4 Å². The Hall–Kier alpha value is -3.03. The van der Waals surface area contributed by atoms with Crippen LogP contribution in [-0.4, -0.2) is 47.9 Å². The largest absolute Gasteiger partial charge is 0.496 e. The molecule has 2 rings (SSSR count). The van der Waals surface area contributed by atoms with Gasteiger partial charge < -0.3 is 20.1 Å². The van der Waals surface area contributed by atoms with Crippen LogP contribution < -0.4 is 20.1 Å². The van der Waals surface area contributed by atoms with E-state index in [0.29, 0.717) is 11.5 Å². The number of aromatic nitrogens is 2. The summed E-state index contributed by atoms with van der Waals surface area (Å²) in [6.07, 6.45) is 0.206. The molecule has 0 saturated carbocycles. The molecule has 0 bridgehead atoms. The predicted molar refractivity (Wildman–Crippen MR) is 134 cm³/mol. The number of carbonyl (C=O) groups excluding carboxylic acids is 2. The molecule has 34 heavy (non-hydrogen) atoms. The third kappa shape index (κ3) is 6.52. The summed E-state index contributed by atoms with van der Waals surface area (Å²) in [6, 6.07) is 7.08. The van der Waals surface area contributed by atoms with E-state index in [0.717, 1.165) is 11.3 Å². The normalized spacial score (nSPS) is 13.2. The average Bonchev–Trinajstić information content (AvgIpc) is 3.21. The summed E-state index contributed by atoms with van der Waals surface area (Å²) in [7, 11) is 3.21. The van der Waals surface area contributed by atoms with Crippen LogP contribution in [0.5, 0.6) is 11.5 Å². The van der Waals surface area contributed by atoms with Gasteiger partial charge in [0.25, 0.3) is 5.91 Å². The van der Waals surface area contributed by atoms with E-state index >= 15 is 0 Å². The van der Waals surface area contributed by atoms with Gasteiger partial charge in [-0.3, -0.25) is 14.3 Å². The van der Waals surface area contributed by atoms with E-state index in [4.69, 9.17) is 14.6 Å². The average molecular weight is 473 g/mol. The summed E-state index contributed by atoms with van der Waals surface area (Å²) < 4.78 is 13.1. The van der Waals surface area contributed by atoms with Gasteiger partial charge in [-0.2, -0.15) is 5.10 Å². The molecular formula is C26H40N4O4. The summed E-state index contributed by atoms with van der Waals surface area (Å²) in [5.41, 5.74) is 1.76. The van der Waals surface area contributed by atoms with Gasteiger partial charge in [0.15, 0.2) is 5.69 Å². The molecule has 1 aromatic carbocycles. The highest BCUT2D eigenvalue weighted by Crippen LogP contribution is 2.40. The van der Waals surface area contributed by atoms with Crippen molar-refractivity contribution in [2.45, 2.75) is 73.0 Å². The number of nitrogens with zero attached hydrogens (tertiary/aromatic N) is 2. The van der Waals surface area contributed by atoms with E-state index in [-0.39, 0.29) is 53.9 Å². The first kappa shape index (κ1) is 27.2. The number of amides is 2. The van der Waals surface area contributed by atoms with E-state index in [1.54, 1.807) is 20.3 Å². The van der Waals surface area contributed by atoms with Crippen molar-refractivity contribution < 1.29 is 19.1 Å². The van der Waals surface area contributed by atoms with Gasteiger partial charge in [0.2, 0.25) is 5.91 Å². The molecule has 0 spiro atoms. The summed E-state index contributed by atoms with van der Waals surface area (Å²) in [6.45, 7) is 14.1. The Balaban J connectivity index is 2.48. The van der Waals surface area contributed by atoms with Crippen LogP contribution in [0.2, 0.25) is 0 Å².